The smallest absolute Gasteiger partial charge is 0.404 e. The van der Waals surface area contributed by atoms with Gasteiger partial charge in [-0.05, 0) is 25.1 Å². The van der Waals surface area contributed by atoms with Crippen molar-refractivity contribution < 1.29 is 32.2 Å². The maximum atomic E-state index is 12.9. The van der Waals surface area contributed by atoms with Crippen molar-refractivity contribution in [2.24, 2.45) is 0 Å². The van der Waals surface area contributed by atoms with E-state index in [1.165, 1.54) is 11.3 Å². The fourth-order valence-corrected chi connectivity index (χ4v) is 4.51. The summed E-state index contributed by atoms with van der Waals surface area (Å²) < 4.78 is 47.8. The Morgan fingerprint density at radius 1 is 1.20 bits per heavy atom. The molecule has 1 aliphatic heterocycles. The number of hydrogen-bond acceptors (Lipinski definition) is 10. The minimum atomic E-state index is -4.98. The molecule has 0 saturated carbocycles. The number of carbonyl (C=O) groups is 2. The van der Waals surface area contributed by atoms with E-state index in [0.717, 1.165) is 34.5 Å². The van der Waals surface area contributed by atoms with Crippen LogP contribution >= 0.6 is 22.7 Å². The molecule has 35 heavy (non-hydrogen) atoms. The number of nitrogens with zero attached hydrogens (tertiary/aromatic N) is 4. The van der Waals surface area contributed by atoms with Crippen molar-refractivity contribution in [1.82, 2.24) is 20.1 Å². The number of hydrogen-bond donors (Lipinski definition) is 2. The minimum Gasteiger partial charge on any atom is -0.404 e. The van der Waals surface area contributed by atoms with Gasteiger partial charge in [0.15, 0.2) is 10.8 Å². The van der Waals surface area contributed by atoms with Gasteiger partial charge in [0, 0.05) is 24.0 Å². The number of thiazole rings is 1. The second-order valence-corrected chi connectivity index (χ2v) is 9.35. The standard InChI is InChI=1S/C20H19F3N6O4S2/c1-11-24-14(10-34-11)18-27-28-19(35-18)26-17(31)12-2-3-15(33-20(21,22)23)13(8-12)25-16(30)9-29-4-6-32-7-5-29/h2-3,8,10H,4-7,9H2,1H3,(H,25,30)(H,26,28,31). The molecule has 1 aromatic carbocycles. The number of nitrogens with one attached hydrogen (secondary N) is 2. The quantitative estimate of drug-likeness (QED) is 0.479. The van der Waals surface area contributed by atoms with Crippen LogP contribution in [0.3, 0.4) is 0 Å². The number of carbonyl (C=O) groups excluding carboxylic acids is 2. The third-order valence-electron chi connectivity index (χ3n) is 4.70. The van der Waals surface area contributed by atoms with Crippen molar-refractivity contribution in [2.45, 2.75) is 13.3 Å². The molecule has 1 fully saturated rings. The second-order valence-electron chi connectivity index (χ2n) is 7.31. The van der Waals surface area contributed by atoms with Crippen LogP contribution in [0.5, 0.6) is 5.75 Å². The van der Waals surface area contributed by atoms with E-state index in [0.29, 0.717) is 37.0 Å². The van der Waals surface area contributed by atoms with Crippen LogP contribution in [0.4, 0.5) is 24.0 Å². The number of ether oxygens (including phenoxy) is 2. The van der Waals surface area contributed by atoms with Crippen LogP contribution in [-0.4, -0.2) is 71.1 Å². The molecule has 0 radical (unpaired) electrons. The maximum absolute atomic E-state index is 12.9. The van der Waals surface area contributed by atoms with Crippen molar-refractivity contribution in [2.75, 3.05) is 43.5 Å². The lowest BCUT2D eigenvalue weighted by Crippen LogP contribution is -2.41. The normalized spacial score (nSPS) is 14.5. The molecular weight excluding hydrogens is 509 g/mol. The molecule has 186 valence electrons. The summed E-state index contributed by atoms with van der Waals surface area (Å²) in [6, 6.07) is 3.23. The molecular formula is C20H19F3N6O4S2. The highest BCUT2D eigenvalue weighted by atomic mass is 32.1. The number of alkyl halides is 3. The molecule has 0 unspecified atom stereocenters. The monoisotopic (exact) mass is 528 g/mol. The number of aromatic nitrogens is 3. The lowest BCUT2D eigenvalue weighted by molar-refractivity contribution is -0.274. The van der Waals surface area contributed by atoms with Gasteiger partial charge < -0.3 is 14.8 Å². The third kappa shape index (κ3) is 6.94. The fourth-order valence-electron chi connectivity index (χ4n) is 3.14. The number of halogens is 3. The first kappa shape index (κ1) is 25.0. The van der Waals surface area contributed by atoms with E-state index in [4.69, 9.17) is 4.74 Å². The van der Waals surface area contributed by atoms with Gasteiger partial charge in [-0.2, -0.15) is 0 Å². The van der Waals surface area contributed by atoms with Gasteiger partial charge in [0.05, 0.1) is 30.5 Å². The average molecular weight is 529 g/mol. The van der Waals surface area contributed by atoms with E-state index in [1.54, 1.807) is 4.90 Å². The van der Waals surface area contributed by atoms with Gasteiger partial charge in [0.25, 0.3) is 5.91 Å². The molecule has 0 bridgehead atoms. The molecule has 15 heteroatoms. The molecule has 1 saturated heterocycles. The SMILES string of the molecule is Cc1nc(-c2nnc(NC(=O)c3ccc(OC(F)(F)F)c(NC(=O)CN4CCOCC4)c3)s2)cs1. The lowest BCUT2D eigenvalue weighted by Gasteiger charge is -2.26. The zero-order valence-electron chi connectivity index (χ0n) is 18.2. The van der Waals surface area contributed by atoms with E-state index in [9.17, 15) is 22.8 Å². The summed E-state index contributed by atoms with van der Waals surface area (Å²) in [5.41, 5.74) is 0.330. The van der Waals surface area contributed by atoms with Gasteiger partial charge in [-0.15, -0.1) is 34.7 Å². The molecule has 3 aromatic rings. The molecule has 1 aliphatic rings. The Morgan fingerprint density at radius 3 is 2.66 bits per heavy atom. The van der Waals surface area contributed by atoms with Gasteiger partial charge in [0.2, 0.25) is 11.0 Å². The first-order valence-electron chi connectivity index (χ1n) is 10.2. The van der Waals surface area contributed by atoms with Crippen LogP contribution in [0.25, 0.3) is 10.7 Å². The van der Waals surface area contributed by atoms with Gasteiger partial charge in [0.1, 0.15) is 5.69 Å². The molecule has 2 N–H and O–H groups in total. The first-order valence-corrected chi connectivity index (χ1v) is 11.9. The summed E-state index contributed by atoms with van der Waals surface area (Å²) in [5, 5.41) is 16.2. The lowest BCUT2D eigenvalue weighted by atomic mass is 10.1. The van der Waals surface area contributed by atoms with Crippen LogP contribution in [0.15, 0.2) is 23.6 Å². The summed E-state index contributed by atoms with van der Waals surface area (Å²) >= 11 is 2.55. The van der Waals surface area contributed by atoms with Crippen molar-refractivity contribution in [3.63, 3.8) is 0 Å². The Kier molecular flexibility index (Phi) is 7.59. The molecule has 0 atom stereocenters. The Labute approximate surface area is 205 Å². The predicted octanol–water partition coefficient (Wildman–Crippen LogP) is 3.39. The molecule has 2 amide bonds. The van der Waals surface area contributed by atoms with Crippen LogP contribution in [0.2, 0.25) is 0 Å². The summed E-state index contributed by atoms with van der Waals surface area (Å²) in [5.74, 6) is -1.84. The van der Waals surface area contributed by atoms with Crippen molar-refractivity contribution in [3.8, 4) is 16.5 Å². The third-order valence-corrected chi connectivity index (χ3v) is 6.33. The molecule has 0 aliphatic carbocycles. The zero-order chi connectivity index (χ0) is 25.0. The summed E-state index contributed by atoms with van der Waals surface area (Å²) in [6.07, 6.45) is -4.98. The van der Waals surface area contributed by atoms with E-state index >= 15 is 0 Å². The topological polar surface area (TPSA) is 119 Å². The highest BCUT2D eigenvalue weighted by Crippen LogP contribution is 2.32. The largest absolute Gasteiger partial charge is 0.573 e. The molecule has 0 spiro atoms. The maximum Gasteiger partial charge on any atom is 0.573 e. The Hall–Kier alpha value is -3.14. The van der Waals surface area contributed by atoms with Gasteiger partial charge >= 0.3 is 6.36 Å². The van der Waals surface area contributed by atoms with Crippen LogP contribution in [0.1, 0.15) is 15.4 Å². The molecule has 10 nitrogen and oxygen atoms in total. The molecule has 2 aromatic heterocycles. The fraction of sp³-hybridized carbons (Fsp3) is 0.350. The number of rotatable bonds is 7. The number of amides is 2. The number of morpholine rings is 1. The Morgan fingerprint density at radius 2 is 1.97 bits per heavy atom. The van der Waals surface area contributed by atoms with E-state index < -0.39 is 23.9 Å². The Balaban J connectivity index is 1.49. The number of aryl methyl sites for hydroxylation is 1. The van der Waals surface area contributed by atoms with Gasteiger partial charge in [-0.3, -0.25) is 19.8 Å². The zero-order valence-corrected chi connectivity index (χ0v) is 19.9. The average Bonchev–Trinajstić information content (AvgIpc) is 3.43. The number of benzene rings is 1. The second kappa shape index (κ2) is 10.6. The molecule has 3 heterocycles. The highest BCUT2D eigenvalue weighted by Gasteiger charge is 2.32. The van der Waals surface area contributed by atoms with Gasteiger partial charge in [-0.1, -0.05) is 11.3 Å². The van der Waals surface area contributed by atoms with Gasteiger partial charge in [-0.25, -0.2) is 4.98 Å². The van der Waals surface area contributed by atoms with Crippen LogP contribution < -0.4 is 15.4 Å². The van der Waals surface area contributed by atoms with E-state index in [2.05, 4.69) is 30.6 Å². The van der Waals surface area contributed by atoms with Crippen LogP contribution in [-0.2, 0) is 9.53 Å². The first-order chi connectivity index (χ1) is 16.7. The summed E-state index contributed by atoms with van der Waals surface area (Å²) in [4.78, 5) is 31.3. The van der Waals surface area contributed by atoms with E-state index in [-0.39, 0.29) is 22.9 Å². The highest BCUT2D eigenvalue weighted by molar-refractivity contribution is 7.19. The number of anilines is 2. The van der Waals surface area contributed by atoms with Crippen LogP contribution in [0, 0.1) is 6.92 Å². The van der Waals surface area contributed by atoms with Crippen molar-refractivity contribution >= 4 is 45.3 Å². The van der Waals surface area contributed by atoms with Crippen molar-refractivity contribution in [1.29, 1.82) is 0 Å². The Bertz CT molecular complexity index is 1210. The predicted molar refractivity (Wildman–Crippen MR) is 123 cm³/mol. The minimum absolute atomic E-state index is 0.0116. The van der Waals surface area contributed by atoms with Crippen molar-refractivity contribution in [3.05, 3.63) is 34.2 Å². The molecule has 4 rings (SSSR count). The summed E-state index contributed by atoms with van der Waals surface area (Å²) in [6.45, 7) is 3.76. The summed E-state index contributed by atoms with van der Waals surface area (Å²) in [7, 11) is 0. The van der Waals surface area contributed by atoms with E-state index in [1.807, 2.05) is 12.3 Å².